The van der Waals surface area contributed by atoms with Gasteiger partial charge in [-0.15, -0.1) is 5.10 Å². The second kappa shape index (κ2) is 8.11. The summed E-state index contributed by atoms with van der Waals surface area (Å²) in [6, 6.07) is 0. The minimum atomic E-state index is -5.25. The van der Waals surface area contributed by atoms with E-state index in [1.165, 1.54) is 10.8 Å². The van der Waals surface area contributed by atoms with Crippen molar-refractivity contribution >= 4 is 39.5 Å². The lowest BCUT2D eigenvalue weighted by Crippen LogP contribution is -2.60. The minimum absolute atomic E-state index is 0.0701. The topological polar surface area (TPSA) is 112 Å². The molecule has 0 aromatic carbocycles. The Bertz CT molecular complexity index is 1080. The van der Waals surface area contributed by atoms with Gasteiger partial charge in [-0.1, -0.05) is 24.9 Å². The normalized spacial score (nSPS) is 18.1. The van der Waals surface area contributed by atoms with Crippen molar-refractivity contribution in [2.45, 2.75) is 38.7 Å². The molecule has 0 radical (unpaired) electrons. The van der Waals surface area contributed by atoms with Gasteiger partial charge < -0.3 is 19.3 Å². The van der Waals surface area contributed by atoms with Gasteiger partial charge in [-0.2, -0.15) is 13.2 Å². The Morgan fingerprint density at radius 2 is 2.09 bits per heavy atom. The number of alkyl halides is 3. The first-order valence-electron chi connectivity index (χ1n) is 9.63. The van der Waals surface area contributed by atoms with Crippen LogP contribution < -0.4 is 4.90 Å². The Kier molecular flexibility index (Phi) is 5.60. The first-order chi connectivity index (χ1) is 15.1. The van der Waals surface area contributed by atoms with Crippen molar-refractivity contribution in [1.82, 2.24) is 29.6 Å². The van der Waals surface area contributed by atoms with Crippen LogP contribution in [0.2, 0.25) is 0 Å². The van der Waals surface area contributed by atoms with Gasteiger partial charge in [0.2, 0.25) is 12.1 Å². The lowest BCUT2D eigenvalue weighted by molar-refractivity contribution is -0.249. The number of H-pyrrole nitrogens is 1. The fourth-order valence-corrected chi connectivity index (χ4v) is 3.84. The number of anilines is 1. The molecule has 2 aliphatic heterocycles. The van der Waals surface area contributed by atoms with Gasteiger partial charge in [-0.05, 0) is 22.4 Å². The number of hydrogen-bond acceptors (Lipinski definition) is 8. The molecular weight excluding hydrogens is 501 g/mol. The highest BCUT2D eigenvalue weighted by atomic mass is 79.9. The first kappa shape index (κ1) is 22.1. The van der Waals surface area contributed by atoms with Gasteiger partial charge in [-0.3, -0.25) is 4.79 Å². The number of fused-ring (bicyclic) bond motifs is 2. The summed E-state index contributed by atoms with van der Waals surface area (Å²) in [5.41, 5.74) is 0.121. The summed E-state index contributed by atoms with van der Waals surface area (Å²) in [5, 5.41) is 4.52. The molecule has 2 aromatic heterocycles. The van der Waals surface area contributed by atoms with Crippen LogP contribution >= 0.6 is 15.9 Å². The fraction of sp³-hybridized carbons (Fsp3) is 0.471. The molecule has 0 bridgehead atoms. The third-order valence-corrected chi connectivity index (χ3v) is 5.30. The van der Waals surface area contributed by atoms with Gasteiger partial charge >= 0.3 is 12.1 Å². The van der Waals surface area contributed by atoms with Crippen molar-refractivity contribution in [1.29, 1.82) is 0 Å². The van der Waals surface area contributed by atoms with Crippen molar-refractivity contribution in [3.8, 4) is 0 Å². The maximum Gasteiger partial charge on any atom is 0.493 e. The van der Waals surface area contributed by atoms with E-state index in [0.29, 0.717) is 18.1 Å². The van der Waals surface area contributed by atoms with Gasteiger partial charge in [0.25, 0.3) is 5.91 Å². The van der Waals surface area contributed by atoms with Gasteiger partial charge in [-0.25, -0.2) is 19.7 Å². The van der Waals surface area contributed by atoms with Crippen LogP contribution in [0.25, 0.3) is 0 Å². The van der Waals surface area contributed by atoms with E-state index in [4.69, 9.17) is 0 Å². The molecule has 11 nitrogen and oxygen atoms in total. The van der Waals surface area contributed by atoms with E-state index in [2.05, 4.69) is 40.8 Å². The van der Waals surface area contributed by atoms with Crippen LogP contribution in [0.5, 0.6) is 0 Å². The number of unbranched alkanes of at least 4 members (excludes halogenated alkanes) is 2. The predicted octanol–water partition coefficient (Wildman–Crippen LogP) is 2.34. The van der Waals surface area contributed by atoms with Crippen LogP contribution in [0.4, 0.5) is 19.0 Å². The highest BCUT2D eigenvalue weighted by molar-refractivity contribution is 9.10. The number of amides is 1. The molecule has 172 valence electrons. The number of hydroxylamine groups is 1. The Balaban J connectivity index is 1.81. The van der Waals surface area contributed by atoms with Crippen LogP contribution in [0.3, 0.4) is 0 Å². The molecule has 1 N–H and O–H groups in total. The number of halogens is 4. The van der Waals surface area contributed by atoms with Crippen molar-refractivity contribution in [2.75, 3.05) is 11.4 Å². The van der Waals surface area contributed by atoms with Crippen LogP contribution in [0, 0.1) is 0 Å². The largest absolute Gasteiger partial charge is 0.493 e. The smallest absolute Gasteiger partial charge is 0.331 e. The SMILES string of the molecule is CCCCCN1c2nc(Br)[nH]c2C(=O)N2C(c3nccn3C)=NN(OC(=O)C(F)(F)F)C21. The highest BCUT2D eigenvalue weighted by Crippen LogP contribution is 2.37. The van der Waals surface area contributed by atoms with Crippen LogP contribution in [0.1, 0.15) is 42.5 Å². The molecule has 1 atom stereocenters. The molecule has 1 amide bonds. The zero-order valence-electron chi connectivity index (χ0n) is 16.9. The average Bonchev–Trinajstić information content (AvgIpc) is 3.41. The molecule has 1 unspecified atom stereocenters. The lowest BCUT2D eigenvalue weighted by atomic mass is 10.2. The maximum atomic E-state index is 13.3. The number of imidazole rings is 2. The molecular formula is C17H18BrF3N8O3. The number of hydrogen-bond donors (Lipinski definition) is 1. The molecule has 4 heterocycles. The zero-order valence-corrected chi connectivity index (χ0v) is 18.5. The van der Waals surface area contributed by atoms with Crippen molar-refractivity contribution in [2.24, 2.45) is 12.1 Å². The molecule has 2 aliphatic rings. The number of rotatable bonds is 6. The summed E-state index contributed by atoms with van der Waals surface area (Å²) < 4.78 is 40.6. The lowest BCUT2D eigenvalue weighted by Gasteiger charge is -2.40. The molecule has 0 spiro atoms. The van der Waals surface area contributed by atoms with E-state index < -0.39 is 24.3 Å². The summed E-state index contributed by atoms with van der Waals surface area (Å²) >= 11 is 3.20. The van der Waals surface area contributed by atoms with Crippen molar-refractivity contribution in [3.05, 3.63) is 28.6 Å². The molecule has 2 aromatic rings. The van der Waals surface area contributed by atoms with E-state index in [9.17, 15) is 22.8 Å². The number of amidine groups is 1. The van der Waals surface area contributed by atoms with Gasteiger partial charge in [0.15, 0.2) is 16.4 Å². The van der Waals surface area contributed by atoms with Crippen LogP contribution in [0.15, 0.2) is 22.2 Å². The summed E-state index contributed by atoms with van der Waals surface area (Å²) in [7, 11) is 1.63. The third-order valence-electron chi connectivity index (χ3n) is 4.92. The molecule has 0 fully saturated rings. The molecule has 0 aliphatic carbocycles. The van der Waals surface area contributed by atoms with E-state index in [1.807, 2.05) is 6.92 Å². The van der Waals surface area contributed by atoms with Crippen LogP contribution in [-0.4, -0.2) is 66.3 Å². The number of aromatic nitrogens is 4. The van der Waals surface area contributed by atoms with Crippen molar-refractivity contribution in [3.63, 3.8) is 0 Å². The Morgan fingerprint density at radius 1 is 1.34 bits per heavy atom. The number of carbonyl (C=O) groups is 2. The molecule has 0 saturated carbocycles. The van der Waals surface area contributed by atoms with E-state index >= 15 is 0 Å². The fourth-order valence-electron chi connectivity index (χ4n) is 3.47. The summed E-state index contributed by atoms with van der Waals surface area (Å²) in [6.45, 7) is 2.31. The minimum Gasteiger partial charge on any atom is -0.331 e. The number of nitrogens with one attached hydrogen (secondary N) is 1. The van der Waals surface area contributed by atoms with Crippen LogP contribution in [-0.2, 0) is 16.7 Å². The number of nitrogens with zero attached hydrogens (tertiary/aromatic N) is 7. The van der Waals surface area contributed by atoms with Gasteiger partial charge in [0, 0.05) is 26.0 Å². The first-order valence-corrected chi connectivity index (χ1v) is 10.4. The standard InChI is InChI=1S/C17H18BrF3N8O3/c1-3-4-5-7-27-10-9(23-15(18)24-10)13(30)28-12(11-22-6-8-26(11)2)25-29(16(27)28)32-14(31)17(19,20)21/h6,8,16H,3-5,7H2,1-2H3,(H,23,24). The second-order valence-electron chi connectivity index (χ2n) is 7.11. The summed E-state index contributed by atoms with van der Waals surface area (Å²) in [5.74, 6) is -2.73. The molecule has 32 heavy (non-hydrogen) atoms. The quantitative estimate of drug-likeness (QED) is 0.584. The number of aryl methyl sites for hydroxylation is 1. The summed E-state index contributed by atoms with van der Waals surface area (Å²) in [6.07, 6.45) is -1.16. The number of aromatic amines is 1. The Hall–Kier alpha value is -3.10. The van der Waals surface area contributed by atoms with Crippen molar-refractivity contribution < 1.29 is 27.6 Å². The molecule has 4 rings (SSSR count). The van der Waals surface area contributed by atoms with E-state index in [-0.39, 0.29) is 27.9 Å². The number of hydrazone groups is 1. The maximum absolute atomic E-state index is 13.3. The zero-order chi connectivity index (χ0) is 23.2. The number of carbonyl (C=O) groups excluding carboxylic acids is 2. The predicted molar refractivity (Wildman–Crippen MR) is 107 cm³/mol. The molecule has 0 saturated heterocycles. The highest BCUT2D eigenvalue weighted by Gasteiger charge is 2.54. The Morgan fingerprint density at radius 3 is 2.72 bits per heavy atom. The Labute approximate surface area is 187 Å². The summed E-state index contributed by atoms with van der Waals surface area (Å²) in [4.78, 5) is 43.5. The monoisotopic (exact) mass is 518 g/mol. The van der Waals surface area contributed by atoms with E-state index in [1.54, 1.807) is 18.1 Å². The van der Waals surface area contributed by atoms with Gasteiger partial charge in [0.05, 0.1) is 0 Å². The third kappa shape index (κ3) is 3.69. The van der Waals surface area contributed by atoms with E-state index in [0.717, 1.165) is 17.7 Å². The average molecular weight is 519 g/mol. The second-order valence-corrected chi connectivity index (χ2v) is 7.86. The molecule has 15 heteroatoms. The van der Waals surface area contributed by atoms with Gasteiger partial charge in [0.1, 0.15) is 5.69 Å².